The largest absolute Gasteiger partial charge is 0.481 e. The summed E-state index contributed by atoms with van der Waals surface area (Å²) < 4.78 is 28.7. The first-order valence-corrected chi connectivity index (χ1v) is 12.8. The second-order valence-corrected chi connectivity index (χ2v) is 9.61. The van der Waals surface area contributed by atoms with Crippen LogP contribution in [0.2, 0.25) is 5.02 Å². The molecule has 0 amide bonds. The van der Waals surface area contributed by atoms with Gasteiger partial charge in [0, 0.05) is 28.5 Å². The van der Waals surface area contributed by atoms with E-state index in [1.807, 2.05) is 50.2 Å². The molecule has 8 nitrogen and oxygen atoms in total. The van der Waals surface area contributed by atoms with Gasteiger partial charge >= 0.3 is 5.97 Å². The highest BCUT2D eigenvalue weighted by molar-refractivity contribution is 6.31. The van der Waals surface area contributed by atoms with E-state index in [9.17, 15) is 14.3 Å². The van der Waals surface area contributed by atoms with E-state index >= 15 is 0 Å². The van der Waals surface area contributed by atoms with Crippen molar-refractivity contribution in [3.05, 3.63) is 94.0 Å². The van der Waals surface area contributed by atoms with Crippen molar-refractivity contribution < 1.29 is 23.8 Å². The van der Waals surface area contributed by atoms with Crippen molar-refractivity contribution in [1.82, 2.24) is 19.6 Å². The molecular weight excluding hydrogens is 511 g/mol. The fourth-order valence-corrected chi connectivity index (χ4v) is 4.23. The van der Waals surface area contributed by atoms with Crippen LogP contribution in [-0.4, -0.2) is 43.3 Å². The zero-order valence-corrected chi connectivity index (χ0v) is 22.1. The number of carboxylic acid groups (broad SMARTS) is 1. The average molecular weight is 541 g/mol. The number of aromatic nitrogens is 4. The van der Waals surface area contributed by atoms with Gasteiger partial charge in [-0.15, -0.1) is 10.2 Å². The Hall–Kier alpha value is -3.85. The molecule has 0 radical (unpaired) electrons. The molecule has 10 heteroatoms. The summed E-state index contributed by atoms with van der Waals surface area (Å²) in [7, 11) is 0. The lowest BCUT2D eigenvalue weighted by molar-refractivity contribution is -0.136. The zero-order valence-electron chi connectivity index (χ0n) is 21.3. The fourth-order valence-electron chi connectivity index (χ4n) is 4.00. The number of hydrogen-bond donors (Lipinski definition) is 1. The molecule has 0 fully saturated rings. The van der Waals surface area contributed by atoms with E-state index in [4.69, 9.17) is 21.1 Å². The van der Waals surface area contributed by atoms with Gasteiger partial charge in [0.15, 0.2) is 0 Å². The molecule has 2 heterocycles. The highest BCUT2D eigenvalue weighted by Gasteiger charge is 2.16. The number of aryl methyl sites for hydroxylation is 1. The number of carboxylic acids is 1. The standard InChI is InChI=1S/C28H30ClFN4O4/c1-19(2)38-26-15-24(34(31-26)18-21-10-11-23(30)14-25(21)29)9-6-12-37-28-22(13-27(35)36)17-33(32-28)16-20-7-4-3-5-8-20/h3-5,7-8,10-11,14-15,17,19H,6,9,12-13,16,18H2,1-2H3,(H,35,36). The molecule has 4 rings (SSSR count). The number of carbonyl (C=O) groups is 1. The Balaban J connectivity index is 1.42. The number of hydrogen-bond acceptors (Lipinski definition) is 5. The van der Waals surface area contributed by atoms with Crippen molar-refractivity contribution in [2.45, 2.75) is 52.3 Å². The predicted octanol–water partition coefficient (Wildman–Crippen LogP) is 5.39. The molecule has 0 aliphatic heterocycles. The summed E-state index contributed by atoms with van der Waals surface area (Å²) in [6, 6.07) is 16.0. The van der Waals surface area contributed by atoms with Crippen molar-refractivity contribution in [2.24, 2.45) is 0 Å². The van der Waals surface area contributed by atoms with Crippen LogP contribution in [0.5, 0.6) is 11.8 Å². The van der Waals surface area contributed by atoms with Gasteiger partial charge in [-0.1, -0.05) is 48.0 Å². The molecular formula is C28H30ClFN4O4. The van der Waals surface area contributed by atoms with Gasteiger partial charge in [-0.05, 0) is 49.9 Å². The molecule has 1 N–H and O–H groups in total. The van der Waals surface area contributed by atoms with Gasteiger partial charge in [0.1, 0.15) is 5.82 Å². The molecule has 4 aromatic rings. The maximum atomic E-state index is 13.5. The number of rotatable bonds is 13. The van der Waals surface area contributed by atoms with E-state index in [-0.39, 0.29) is 12.5 Å². The smallest absolute Gasteiger partial charge is 0.308 e. The van der Waals surface area contributed by atoms with Crippen molar-refractivity contribution in [3.8, 4) is 11.8 Å². The van der Waals surface area contributed by atoms with Crippen LogP contribution in [0.3, 0.4) is 0 Å². The molecule has 0 unspecified atom stereocenters. The molecule has 200 valence electrons. The molecule has 0 spiro atoms. The molecule has 0 aliphatic rings. The Bertz CT molecular complexity index is 1370. The monoisotopic (exact) mass is 540 g/mol. The predicted molar refractivity (Wildman–Crippen MR) is 141 cm³/mol. The number of halogens is 2. The molecule has 0 saturated heterocycles. The number of aliphatic carboxylic acids is 1. The van der Waals surface area contributed by atoms with E-state index in [2.05, 4.69) is 10.2 Å². The van der Waals surface area contributed by atoms with Gasteiger partial charge < -0.3 is 14.6 Å². The third kappa shape index (κ3) is 7.58. The minimum absolute atomic E-state index is 0.0393. The van der Waals surface area contributed by atoms with E-state index in [0.717, 1.165) is 16.8 Å². The first-order chi connectivity index (χ1) is 18.3. The van der Waals surface area contributed by atoms with Crippen molar-refractivity contribution in [3.63, 3.8) is 0 Å². The lowest BCUT2D eigenvalue weighted by Crippen LogP contribution is -2.10. The first kappa shape index (κ1) is 27.2. The van der Waals surface area contributed by atoms with Crippen LogP contribution < -0.4 is 9.47 Å². The maximum absolute atomic E-state index is 13.5. The van der Waals surface area contributed by atoms with Crippen LogP contribution in [-0.2, 0) is 30.7 Å². The minimum atomic E-state index is -0.949. The van der Waals surface area contributed by atoms with Crippen LogP contribution in [0.1, 0.15) is 42.7 Å². The second kappa shape index (κ2) is 12.6. The molecule has 38 heavy (non-hydrogen) atoms. The lowest BCUT2D eigenvalue weighted by atomic mass is 10.2. The summed E-state index contributed by atoms with van der Waals surface area (Å²) in [5.41, 5.74) is 3.23. The fraction of sp³-hybridized carbons (Fsp3) is 0.321. The summed E-state index contributed by atoms with van der Waals surface area (Å²) in [6.45, 7) is 5.06. The minimum Gasteiger partial charge on any atom is -0.481 e. The number of ether oxygens (including phenoxy) is 2. The van der Waals surface area contributed by atoms with E-state index in [1.54, 1.807) is 21.6 Å². The Morgan fingerprint density at radius 2 is 1.87 bits per heavy atom. The summed E-state index contributed by atoms with van der Waals surface area (Å²) in [6.07, 6.45) is 2.75. The Kier molecular flexibility index (Phi) is 9.02. The van der Waals surface area contributed by atoms with E-state index < -0.39 is 11.8 Å². The van der Waals surface area contributed by atoms with Gasteiger partial charge in [0.2, 0.25) is 11.8 Å². The van der Waals surface area contributed by atoms with Crippen LogP contribution in [0.15, 0.2) is 60.8 Å². The second-order valence-electron chi connectivity index (χ2n) is 9.20. The molecule has 0 saturated carbocycles. The Labute approximate surface area is 225 Å². The van der Waals surface area contributed by atoms with Gasteiger partial charge in [-0.25, -0.2) is 4.39 Å². The Morgan fingerprint density at radius 1 is 1.08 bits per heavy atom. The average Bonchev–Trinajstić information content (AvgIpc) is 3.40. The highest BCUT2D eigenvalue weighted by Crippen LogP contribution is 2.23. The molecule has 0 bridgehead atoms. The highest BCUT2D eigenvalue weighted by atomic mass is 35.5. The molecule has 2 aromatic heterocycles. The molecule has 2 aromatic carbocycles. The SMILES string of the molecule is CC(C)Oc1cc(CCCOc2nn(Cc3ccccc3)cc2CC(=O)O)n(Cc2ccc(F)cc2Cl)n1. The zero-order chi connectivity index (χ0) is 27.1. The normalized spacial score (nSPS) is 11.2. The van der Waals surface area contributed by atoms with Crippen LogP contribution >= 0.6 is 11.6 Å². The van der Waals surface area contributed by atoms with Crippen LogP contribution in [0, 0.1) is 5.82 Å². The molecule has 0 aliphatic carbocycles. The van der Waals surface area contributed by atoms with Gasteiger partial charge in [0.05, 0.1) is 32.2 Å². The summed E-state index contributed by atoms with van der Waals surface area (Å²) in [4.78, 5) is 11.4. The number of benzene rings is 2. The van der Waals surface area contributed by atoms with Crippen LogP contribution in [0.4, 0.5) is 4.39 Å². The third-order valence-electron chi connectivity index (χ3n) is 5.68. The molecule has 0 atom stereocenters. The lowest BCUT2D eigenvalue weighted by Gasteiger charge is -2.10. The van der Waals surface area contributed by atoms with Gasteiger partial charge in [-0.2, -0.15) is 0 Å². The quantitative estimate of drug-likeness (QED) is 0.228. The maximum Gasteiger partial charge on any atom is 0.308 e. The van der Waals surface area contributed by atoms with E-state index in [0.29, 0.717) is 54.9 Å². The summed E-state index contributed by atoms with van der Waals surface area (Å²) >= 11 is 6.24. The van der Waals surface area contributed by atoms with Crippen molar-refractivity contribution in [1.29, 1.82) is 0 Å². The van der Waals surface area contributed by atoms with E-state index in [1.165, 1.54) is 12.1 Å². The Morgan fingerprint density at radius 3 is 2.58 bits per heavy atom. The van der Waals surface area contributed by atoms with Crippen molar-refractivity contribution in [2.75, 3.05) is 6.61 Å². The summed E-state index contributed by atoms with van der Waals surface area (Å²) in [5.74, 6) is -0.527. The topological polar surface area (TPSA) is 91.4 Å². The van der Waals surface area contributed by atoms with Gasteiger partial charge in [0.25, 0.3) is 0 Å². The third-order valence-corrected chi connectivity index (χ3v) is 6.03. The van der Waals surface area contributed by atoms with Crippen molar-refractivity contribution >= 4 is 17.6 Å². The number of nitrogens with zero attached hydrogens (tertiary/aromatic N) is 4. The first-order valence-electron chi connectivity index (χ1n) is 12.4. The summed E-state index contributed by atoms with van der Waals surface area (Å²) in [5, 5.41) is 18.7. The van der Waals surface area contributed by atoms with Gasteiger partial charge in [-0.3, -0.25) is 14.2 Å². The van der Waals surface area contributed by atoms with Crippen LogP contribution in [0.25, 0.3) is 0 Å².